The van der Waals surface area contributed by atoms with E-state index in [2.05, 4.69) is 0 Å². The van der Waals surface area contributed by atoms with Crippen LogP contribution in [0.15, 0.2) is 30.3 Å². The Hall–Kier alpha value is -2.29. The average molecular weight is 359 g/mol. The summed E-state index contributed by atoms with van der Waals surface area (Å²) in [5, 5.41) is 0. The second-order valence-corrected chi connectivity index (χ2v) is 5.81. The molecule has 1 aromatic rings. The van der Waals surface area contributed by atoms with Gasteiger partial charge in [-0.05, 0) is 12.1 Å². The van der Waals surface area contributed by atoms with Gasteiger partial charge in [0.15, 0.2) is 0 Å². The fraction of sp³-hybridized carbons (Fsp3) is 0.500. The number of alkyl halides is 3. The predicted molar refractivity (Wildman–Crippen MR) is 84.2 cm³/mol. The molecule has 2 amide bonds. The lowest BCUT2D eigenvalue weighted by atomic mass is 10.3. The van der Waals surface area contributed by atoms with Crippen LogP contribution in [0.4, 0.5) is 18.0 Å². The van der Waals surface area contributed by atoms with Crippen LogP contribution < -0.4 is 4.74 Å². The van der Waals surface area contributed by atoms with Crippen molar-refractivity contribution in [2.45, 2.75) is 6.18 Å². The molecule has 0 aliphatic carbocycles. The molecule has 0 saturated carbocycles. The number of para-hydroxylation sites is 1. The van der Waals surface area contributed by atoms with Crippen molar-refractivity contribution in [2.75, 3.05) is 46.3 Å². The van der Waals surface area contributed by atoms with Gasteiger partial charge in [-0.15, -0.1) is 0 Å². The normalized spacial score (nSPS) is 15.8. The first kappa shape index (κ1) is 19.0. The van der Waals surface area contributed by atoms with E-state index in [1.807, 2.05) is 6.07 Å². The zero-order chi connectivity index (χ0) is 18.4. The summed E-state index contributed by atoms with van der Waals surface area (Å²) >= 11 is 0. The SMILES string of the molecule is CN(CC(F)(F)F)C(=O)CN1CCN(C(=O)Oc2ccccc2)CC1. The van der Waals surface area contributed by atoms with Crippen LogP contribution in [-0.4, -0.2) is 79.2 Å². The number of ether oxygens (including phenoxy) is 1. The summed E-state index contributed by atoms with van der Waals surface area (Å²) in [4.78, 5) is 27.8. The van der Waals surface area contributed by atoms with Crippen molar-refractivity contribution in [1.82, 2.24) is 14.7 Å². The Balaban J connectivity index is 1.75. The van der Waals surface area contributed by atoms with Crippen molar-refractivity contribution in [3.63, 3.8) is 0 Å². The first-order chi connectivity index (χ1) is 11.7. The quantitative estimate of drug-likeness (QED) is 0.823. The molecule has 1 saturated heterocycles. The molecule has 0 spiro atoms. The maximum absolute atomic E-state index is 12.3. The third-order valence-corrected chi connectivity index (χ3v) is 3.78. The molecule has 9 heteroatoms. The fourth-order valence-corrected chi connectivity index (χ4v) is 2.41. The molecule has 138 valence electrons. The molecular formula is C16H20F3N3O3. The topological polar surface area (TPSA) is 53.1 Å². The fourth-order valence-electron chi connectivity index (χ4n) is 2.41. The van der Waals surface area contributed by atoms with Crippen LogP contribution in [0.2, 0.25) is 0 Å². The summed E-state index contributed by atoms with van der Waals surface area (Å²) in [6.45, 7) is 0.123. The summed E-state index contributed by atoms with van der Waals surface area (Å²) in [5.74, 6) is -0.156. The van der Waals surface area contributed by atoms with Crippen LogP contribution in [-0.2, 0) is 4.79 Å². The van der Waals surface area contributed by atoms with Gasteiger partial charge in [-0.25, -0.2) is 4.79 Å². The third kappa shape index (κ3) is 6.26. The average Bonchev–Trinajstić information content (AvgIpc) is 2.54. The van der Waals surface area contributed by atoms with Gasteiger partial charge < -0.3 is 14.5 Å². The smallest absolute Gasteiger partial charge is 0.410 e. The Labute approximate surface area is 143 Å². The monoisotopic (exact) mass is 359 g/mol. The van der Waals surface area contributed by atoms with E-state index in [-0.39, 0.29) is 6.54 Å². The van der Waals surface area contributed by atoms with E-state index in [9.17, 15) is 22.8 Å². The summed E-state index contributed by atoms with van der Waals surface area (Å²) in [5.41, 5.74) is 0. The number of rotatable bonds is 4. The Bertz CT molecular complexity index is 587. The first-order valence-corrected chi connectivity index (χ1v) is 7.79. The van der Waals surface area contributed by atoms with Gasteiger partial charge in [-0.2, -0.15) is 13.2 Å². The number of likely N-dealkylation sites (N-methyl/N-ethyl adjacent to an activating group) is 1. The highest BCUT2D eigenvalue weighted by atomic mass is 19.4. The number of benzene rings is 1. The molecule has 0 unspecified atom stereocenters. The maximum atomic E-state index is 12.3. The van der Waals surface area contributed by atoms with E-state index >= 15 is 0 Å². The highest BCUT2D eigenvalue weighted by Crippen LogP contribution is 2.16. The van der Waals surface area contributed by atoms with E-state index in [1.54, 1.807) is 29.2 Å². The molecule has 6 nitrogen and oxygen atoms in total. The Morgan fingerprint density at radius 3 is 2.28 bits per heavy atom. The van der Waals surface area contributed by atoms with Gasteiger partial charge >= 0.3 is 12.3 Å². The second kappa shape index (κ2) is 8.19. The molecule has 2 rings (SSSR count). The summed E-state index contributed by atoms with van der Waals surface area (Å²) in [7, 11) is 1.13. The van der Waals surface area contributed by atoms with Gasteiger partial charge in [-0.3, -0.25) is 9.69 Å². The highest BCUT2D eigenvalue weighted by molar-refractivity contribution is 5.78. The molecule has 1 heterocycles. The molecule has 1 fully saturated rings. The molecule has 0 radical (unpaired) electrons. The minimum Gasteiger partial charge on any atom is -0.410 e. The van der Waals surface area contributed by atoms with Crippen LogP contribution in [0.3, 0.4) is 0 Å². The van der Waals surface area contributed by atoms with Gasteiger partial charge in [-0.1, -0.05) is 18.2 Å². The molecule has 1 aliphatic rings. The van der Waals surface area contributed by atoms with Crippen LogP contribution in [0.1, 0.15) is 0 Å². The van der Waals surface area contributed by atoms with Gasteiger partial charge in [0.2, 0.25) is 5.91 Å². The van der Waals surface area contributed by atoms with Crippen LogP contribution in [0.5, 0.6) is 5.75 Å². The molecule has 1 aliphatic heterocycles. The van der Waals surface area contributed by atoms with Crippen LogP contribution >= 0.6 is 0 Å². The number of amides is 2. The first-order valence-electron chi connectivity index (χ1n) is 7.79. The third-order valence-electron chi connectivity index (χ3n) is 3.78. The van der Waals surface area contributed by atoms with Gasteiger partial charge in [0.25, 0.3) is 0 Å². The second-order valence-electron chi connectivity index (χ2n) is 5.81. The van der Waals surface area contributed by atoms with E-state index < -0.39 is 24.7 Å². The van der Waals surface area contributed by atoms with Crippen molar-refractivity contribution >= 4 is 12.0 Å². The number of carbonyl (C=O) groups excluding carboxylic acids is 2. The van der Waals surface area contributed by atoms with Gasteiger partial charge in [0, 0.05) is 33.2 Å². The number of halogens is 3. The highest BCUT2D eigenvalue weighted by Gasteiger charge is 2.32. The maximum Gasteiger partial charge on any atom is 0.415 e. The zero-order valence-electron chi connectivity index (χ0n) is 13.8. The van der Waals surface area contributed by atoms with E-state index in [0.717, 1.165) is 7.05 Å². The van der Waals surface area contributed by atoms with E-state index in [4.69, 9.17) is 4.74 Å². The van der Waals surface area contributed by atoms with E-state index in [0.29, 0.717) is 36.8 Å². The lowest BCUT2D eigenvalue weighted by Crippen LogP contribution is -2.52. The van der Waals surface area contributed by atoms with Crippen molar-refractivity contribution in [2.24, 2.45) is 0 Å². The molecule has 0 atom stereocenters. The van der Waals surface area contributed by atoms with Crippen molar-refractivity contribution in [3.8, 4) is 5.75 Å². The minimum absolute atomic E-state index is 0.103. The summed E-state index contributed by atoms with van der Waals surface area (Å²) in [6.07, 6.45) is -4.89. The number of carbonyl (C=O) groups is 2. The Morgan fingerprint density at radius 2 is 1.72 bits per heavy atom. The van der Waals surface area contributed by atoms with Crippen LogP contribution in [0, 0.1) is 0 Å². The number of hydrogen-bond acceptors (Lipinski definition) is 4. The largest absolute Gasteiger partial charge is 0.415 e. The van der Waals surface area contributed by atoms with Crippen molar-refractivity contribution in [3.05, 3.63) is 30.3 Å². The summed E-state index contributed by atoms with van der Waals surface area (Å²) < 4.78 is 42.1. The van der Waals surface area contributed by atoms with Crippen LogP contribution in [0.25, 0.3) is 0 Å². The standard InChI is InChI=1S/C16H20F3N3O3/c1-20(12-16(17,18)19)14(23)11-21-7-9-22(10-8-21)15(24)25-13-5-3-2-4-6-13/h2-6H,7-12H2,1H3. The Morgan fingerprint density at radius 1 is 1.12 bits per heavy atom. The molecule has 0 N–H and O–H groups in total. The van der Waals surface area contributed by atoms with E-state index in [1.165, 1.54) is 4.90 Å². The molecule has 1 aromatic carbocycles. The molecular weight excluding hydrogens is 339 g/mol. The van der Waals surface area contributed by atoms with Gasteiger partial charge in [0.1, 0.15) is 12.3 Å². The van der Waals surface area contributed by atoms with Crippen molar-refractivity contribution < 1.29 is 27.5 Å². The molecule has 0 aromatic heterocycles. The Kier molecular flexibility index (Phi) is 6.24. The zero-order valence-corrected chi connectivity index (χ0v) is 13.8. The molecule has 25 heavy (non-hydrogen) atoms. The lowest BCUT2D eigenvalue weighted by molar-refractivity contribution is -0.159. The minimum atomic E-state index is -4.41. The van der Waals surface area contributed by atoms with Crippen molar-refractivity contribution in [1.29, 1.82) is 0 Å². The number of piperazine rings is 1. The number of nitrogens with zero attached hydrogens (tertiary/aromatic N) is 3. The van der Waals surface area contributed by atoms with Gasteiger partial charge in [0.05, 0.1) is 6.54 Å². The lowest BCUT2D eigenvalue weighted by Gasteiger charge is -2.34. The molecule has 0 bridgehead atoms. The summed E-state index contributed by atoms with van der Waals surface area (Å²) in [6, 6.07) is 8.66. The predicted octanol–water partition coefficient (Wildman–Crippen LogP) is 1.82. The number of hydrogen-bond donors (Lipinski definition) is 0.